The lowest BCUT2D eigenvalue weighted by atomic mass is 10.1. The summed E-state index contributed by atoms with van der Waals surface area (Å²) in [6, 6.07) is 9.87. The van der Waals surface area contributed by atoms with Crippen LogP contribution in [0.1, 0.15) is 13.8 Å². The second kappa shape index (κ2) is 6.52. The number of hydrogen-bond acceptors (Lipinski definition) is 4. The lowest BCUT2D eigenvalue weighted by Crippen LogP contribution is -2.40. The Labute approximate surface area is 125 Å². The molecule has 1 aliphatic rings. The van der Waals surface area contributed by atoms with E-state index in [9.17, 15) is 0 Å². The summed E-state index contributed by atoms with van der Waals surface area (Å²) in [5, 5.41) is 9.39. The number of hydrogen-bond donors (Lipinski definition) is 2. The van der Waals surface area contributed by atoms with Crippen molar-refractivity contribution < 1.29 is 0 Å². The van der Waals surface area contributed by atoms with Crippen LogP contribution in [0.5, 0.6) is 0 Å². The average Bonchev–Trinajstić information content (AvgIpc) is 2.45. The van der Waals surface area contributed by atoms with Crippen LogP contribution in [-0.4, -0.2) is 17.4 Å². The van der Waals surface area contributed by atoms with Gasteiger partial charge in [0.1, 0.15) is 5.84 Å². The lowest BCUT2D eigenvalue weighted by Gasteiger charge is -2.24. The van der Waals surface area contributed by atoms with Crippen LogP contribution in [-0.2, 0) is 0 Å². The van der Waals surface area contributed by atoms with Crippen molar-refractivity contribution in [2.24, 2.45) is 22.7 Å². The number of para-hydroxylation sites is 1. The summed E-state index contributed by atoms with van der Waals surface area (Å²) in [5.74, 6) is 0.931. The molecule has 4 nitrogen and oxygen atoms in total. The minimum atomic E-state index is -0.122. The summed E-state index contributed by atoms with van der Waals surface area (Å²) in [6.07, 6.45) is 3.88. The van der Waals surface area contributed by atoms with Crippen LogP contribution in [0.25, 0.3) is 0 Å². The highest BCUT2D eigenvalue weighted by Gasteiger charge is 2.21. The van der Waals surface area contributed by atoms with Gasteiger partial charge in [0.2, 0.25) is 0 Å². The molecule has 1 heterocycles. The van der Waals surface area contributed by atoms with Gasteiger partial charge in [0.15, 0.2) is 0 Å². The molecule has 0 amide bonds. The fraction of sp³-hybridized carbons (Fsp3) is 0.333. The van der Waals surface area contributed by atoms with Gasteiger partial charge in [-0.25, -0.2) is 5.01 Å². The number of benzene rings is 1. The van der Waals surface area contributed by atoms with Crippen LogP contribution in [0, 0.1) is 11.8 Å². The molecule has 1 aromatic rings. The van der Waals surface area contributed by atoms with Gasteiger partial charge in [-0.15, -0.1) is 0 Å². The molecule has 106 valence electrons. The number of hydrazone groups is 1. The van der Waals surface area contributed by atoms with Crippen molar-refractivity contribution >= 4 is 28.7 Å². The first-order valence-corrected chi connectivity index (χ1v) is 7.13. The van der Waals surface area contributed by atoms with Crippen LogP contribution in [0.4, 0.5) is 5.69 Å². The van der Waals surface area contributed by atoms with Gasteiger partial charge in [-0.05, 0) is 24.1 Å². The summed E-state index contributed by atoms with van der Waals surface area (Å²) in [4.78, 5) is 0.726. The van der Waals surface area contributed by atoms with Gasteiger partial charge < -0.3 is 11.1 Å². The average molecular weight is 288 g/mol. The minimum absolute atomic E-state index is 0.122. The molecule has 1 atom stereocenters. The zero-order valence-corrected chi connectivity index (χ0v) is 12.6. The number of rotatable bonds is 4. The first kappa shape index (κ1) is 14.5. The topological polar surface area (TPSA) is 53.6 Å². The van der Waals surface area contributed by atoms with E-state index in [0.717, 1.165) is 17.2 Å². The second-order valence-electron chi connectivity index (χ2n) is 5.16. The normalized spacial score (nSPS) is 18.1. The van der Waals surface area contributed by atoms with E-state index in [4.69, 9.17) is 18.0 Å². The van der Waals surface area contributed by atoms with E-state index in [2.05, 4.69) is 24.3 Å². The summed E-state index contributed by atoms with van der Waals surface area (Å²) >= 11 is 5.38. The Morgan fingerprint density at radius 3 is 2.70 bits per heavy atom. The second-order valence-corrected chi connectivity index (χ2v) is 5.60. The summed E-state index contributed by atoms with van der Waals surface area (Å²) < 4.78 is 0. The standard InChI is InChI=1S/C15H20N4S/c1-11(2)10-17-15(20)13-8-9-19(18-14(13)16)12-6-4-3-5-7-12/h3-9,11,13H,10H2,1-2H3,(H2,16,18)(H,17,20). The van der Waals surface area contributed by atoms with E-state index in [1.807, 2.05) is 42.6 Å². The number of amidine groups is 1. The maximum atomic E-state index is 6.04. The predicted molar refractivity (Wildman–Crippen MR) is 88.6 cm³/mol. The van der Waals surface area contributed by atoms with E-state index in [1.54, 1.807) is 5.01 Å². The van der Waals surface area contributed by atoms with Gasteiger partial charge in [-0.3, -0.25) is 0 Å². The third kappa shape index (κ3) is 3.57. The smallest absolute Gasteiger partial charge is 0.134 e. The summed E-state index contributed by atoms with van der Waals surface area (Å²) in [6.45, 7) is 5.13. The molecule has 3 N–H and O–H groups in total. The highest BCUT2D eigenvalue weighted by molar-refractivity contribution is 7.80. The van der Waals surface area contributed by atoms with Crippen LogP contribution < -0.4 is 16.1 Å². The molecule has 0 fully saturated rings. The van der Waals surface area contributed by atoms with Crippen LogP contribution in [0.2, 0.25) is 0 Å². The first-order chi connectivity index (χ1) is 9.58. The van der Waals surface area contributed by atoms with Gasteiger partial charge in [0, 0.05) is 12.7 Å². The zero-order chi connectivity index (χ0) is 14.5. The fourth-order valence-electron chi connectivity index (χ4n) is 1.85. The Balaban J connectivity index is 2.04. The monoisotopic (exact) mass is 288 g/mol. The van der Waals surface area contributed by atoms with E-state index < -0.39 is 0 Å². The number of nitrogens with one attached hydrogen (secondary N) is 1. The highest BCUT2D eigenvalue weighted by Crippen LogP contribution is 2.19. The zero-order valence-electron chi connectivity index (χ0n) is 11.8. The maximum Gasteiger partial charge on any atom is 0.134 e. The van der Waals surface area contributed by atoms with E-state index >= 15 is 0 Å². The Hall–Kier alpha value is -1.88. The van der Waals surface area contributed by atoms with Crippen molar-refractivity contribution in [1.82, 2.24) is 5.32 Å². The molecule has 0 aromatic heterocycles. The molecule has 0 radical (unpaired) electrons. The first-order valence-electron chi connectivity index (χ1n) is 6.72. The molecule has 0 bridgehead atoms. The minimum Gasteiger partial charge on any atom is -0.385 e. The lowest BCUT2D eigenvalue weighted by molar-refractivity contribution is 0.623. The number of thiocarbonyl (C=S) groups is 1. The van der Waals surface area contributed by atoms with Gasteiger partial charge >= 0.3 is 0 Å². The molecule has 0 spiro atoms. The SMILES string of the molecule is CC(C)CNC(=S)C1C=CN(c2ccccc2)N=C1N. The van der Waals surface area contributed by atoms with Crippen molar-refractivity contribution in [3.63, 3.8) is 0 Å². The van der Waals surface area contributed by atoms with Crippen molar-refractivity contribution in [3.8, 4) is 0 Å². The molecule has 2 rings (SSSR count). The van der Waals surface area contributed by atoms with E-state index in [0.29, 0.717) is 11.8 Å². The van der Waals surface area contributed by atoms with Crippen LogP contribution in [0.3, 0.4) is 0 Å². The number of anilines is 1. The Kier molecular flexibility index (Phi) is 4.74. The Morgan fingerprint density at radius 1 is 1.40 bits per heavy atom. The van der Waals surface area contributed by atoms with E-state index in [-0.39, 0.29) is 5.92 Å². The van der Waals surface area contributed by atoms with Crippen molar-refractivity contribution in [1.29, 1.82) is 0 Å². The van der Waals surface area contributed by atoms with Crippen LogP contribution >= 0.6 is 12.2 Å². The van der Waals surface area contributed by atoms with Crippen molar-refractivity contribution in [2.75, 3.05) is 11.6 Å². The van der Waals surface area contributed by atoms with Crippen molar-refractivity contribution in [3.05, 3.63) is 42.6 Å². The maximum absolute atomic E-state index is 6.04. The molecular formula is C15H20N4S. The van der Waals surface area contributed by atoms with Gasteiger partial charge in [0.25, 0.3) is 0 Å². The quantitative estimate of drug-likeness (QED) is 0.836. The van der Waals surface area contributed by atoms with E-state index in [1.165, 1.54) is 0 Å². The number of nitrogens with two attached hydrogens (primary N) is 1. The number of nitrogens with zero attached hydrogens (tertiary/aromatic N) is 2. The molecule has 1 aliphatic heterocycles. The molecule has 5 heteroatoms. The molecular weight excluding hydrogens is 268 g/mol. The fourth-order valence-corrected chi connectivity index (χ4v) is 2.13. The summed E-state index contributed by atoms with van der Waals surface area (Å²) in [5.41, 5.74) is 7.02. The highest BCUT2D eigenvalue weighted by atomic mass is 32.1. The van der Waals surface area contributed by atoms with Crippen LogP contribution in [0.15, 0.2) is 47.7 Å². The molecule has 0 saturated carbocycles. The molecule has 20 heavy (non-hydrogen) atoms. The Bertz CT molecular complexity index is 522. The largest absolute Gasteiger partial charge is 0.385 e. The van der Waals surface area contributed by atoms with Gasteiger partial charge in [-0.1, -0.05) is 44.3 Å². The predicted octanol–water partition coefficient (Wildman–Crippen LogP) is 2.48. The third-order valence-electron chi connectivity index (χ3n) is 2.95. The van der Waals surface area contributed by atoms with Gasteiger partial charge in [-0.2, -0.15) is 5.10 Å². The molecule has 1 unspecified atom stereocenters. The Morgan fingerprint density at radius 2 is 2.10 bits per heavy atom. The third-order valence-corrected chi connectivity index (χ3v) is 3.35. The molecule has 1 aromatic carbocycles. The van der Waals surface area contributed by atoms with Crippen molar-refractivity contribution in [2.45, 2.75) is 13.8 Å². The summed E-state index contributed by atoms with van der Waals surface area (Å²) in [7, 11) is 0. The molecule has 0 saturated heterocycles. The van der Waals surface area contributed by atoms with Gasteiger partial charge in [0.05, 0.1) is 16.6 Å². The molecule has 0 aliphatic carbocycles.